The van der Waals surface area contributed by atoms with E-state index >= 15 is 0 Å². The fourth-order valence-corrected chi connectivity index (χ4v) is 3.57. The molecule has 0 rings (SSSR count). The topological polar surface area (TPSA) is 0 Å². The molecule has 0 aromatic heterocycles. The lowest BCUT2D eigenvalue weighted by molar-refractivity contribution is 1.23. The number of hydrogen-bond donors (Lipinski definition) is 0. The highest BCUT2D eigenvalue weighted by Gasteiger charge is 1.87. The van der Waals surface area contributed by atoms with Gasteiger partial charge in [0.1, 0.15) is 0 Å². The van der Waals surface area contributed by atoms with Crippen LogP contribution in [0, 0.1) is 0 Å². The SMILES string of the molecule is C=CCCPCCPCCC=C. The highest BCUT2D eigenvalue weighted by molar-refractivity contribution is 7.42. The standard InChI is InChI=1S/C10H20P2/c1-3-5-7-11-9-10-12-8-6-4-2/h3-4,11-12H,1-2,5-10H2. The summed E-state index contributed by atoms with van der Waals surface area (Å²) in [5, 5.41) is 0. The zero-order valence-electron chi connectivity index (χ0n) is 7.81. The second-order valence-corrected chi connectivity index (χ2v) is 5.65. The maximum Gasteiger partial charge on any atom is -0.0316 e. The van der Waals surface area contributed by atoms with E-state index in [0.717, 1.165) is 17.2 Å². The van der Waals surface area contributed by atoms with Crippen LogP contribution in [0.15, 0.2) is 25.3 Å². The van der Waals surface area contributed by atoms with E-state index in [9.17, 15) is 0 Å². The van der Waals surface area contributed by atoms with Crippen molar-refractivity contribution in [2.45, 2.75) is 12.8 Å². The third-order valence-corrected chi connectivity index (χ3v) is 4.52. The van der Waals surface area contributed by atoms with Gasteiger partial charge in [0.15, 0.2) is 0 Å². The van der Waals surface area contributed by atoms with Gasteiger partial charge in [0.2, 0.25) is 0 Å². The molecular formula is C10H20P2. The first kappa shape index (κ1) is 12.3. The Balaban J connectivity index is 2.81. The normalized spacial score (nSPS) is 11.7. The molecule has 0 spiro atoms. The van der Waals surface area contributed by atoms with Crippen LogP contribution < -0.4 is 0 Å². The van der Waals surface area contributed by atoms with Crippen LogP contribution in [-0.2, 0) is 0 Å². The highest BCUT2D eigenvalue weighted by Crippen LogP contribution is 2.18. The Labute approximate surface area is 80.5 Å². The van der Waals surface area contributed by atoms with Gasteiger partial charge < -0.3 is 0 Å². The molecule has 0 saturated heterocycles. The van der Waals surface area contributed by atoms with Gasteiger partial charge in [-0.1, -0.05) is 12.2 Å². The maximum absolute atomic E-state index is 3.71. The smallest absolute Gasteiger partial charge is 0.0316 e. The molecule has 0 amide bonds. The molecule has 70 valence electrons. The fourth-order valence-electron chi connectivity index (χ4n) is 0.835. The second-order valence-electron chi connectivity index (χ2n) is 2.65. The van der Waals surface area contributed by atoms with E-state index in [1.54, 1.807) is 0 Å². The molecule has 2 unspecified atom stereocenters. The van der Waals surface area contributed by atoms with Crippen molar-refractivity contribution in [2.24, 2.45) is 0 Å². The second kappa shape index (κ2) is 11.3. The summed E-state index contributed by atoms with van der Waals surface area (Å²) in [6, 6.07) is 0. The minimum absolute atomic E-state index is 1.16. The van der Waals surface area contributed by atoms with Gasteiger partial charge in [0, 0.05) is 0 Å². The van der Waals surface area contributed by atoms with Crippen LogP contribution >= 0.6 is 17.2 Å². The van der Waals surface area contributed by atoms with Crippen molar-refractivity contribution in [3.05, 3.63) is 25.3 Å². The minimum Gasteiger partial charge on any atom is -0.121 e. The van der Waals surface area contributed by atoms with Crippen LogP contribution in [0.3, 0.4) is 0 Å². The molecule has 0 aromatic rings. The average molecular weight is 202 g/mol. The number of allylic oxidation sites excluding steroid dienone is 2. The lowest BCUT2D eigenvalue weighted by Crippen LogP contribution is -1.83. The molecule has 0 heterocycles. The predicted molar refractivity (Wildman–Crippen MR) is 65.7 cm³/mol. The van der Waals surface area contributed by atoms with Gasteiger partial charge in [-0.15, -0.1) is 30.3 Å². The lowest BCUT2D eigenvalue weighted by Gasteiger charge is -1.99. The number of hydrogen-bond acceptors (Lipinski definition) is 0. The molecule has 0 aromatic carbocycles. The summed E-state index contributed by atoms with van der Waals surface area (Å²) in [7, 11) is 2.32. The van der Waals surface area contributed by atoms with E-state index in [-0.39, 0.29) is 0 Å². The third kappa shape index (κ3) is 10.3. The first-order valence-corrected chi connectivity index (χ1v) is 7.38. The first-order chi connectivity index (χ1) is 5.91. The Morgan fingerprint density at radius 2 is 1.17 bits per heavy atom. The van der Waals surface area contributed by atoms with Gasteiger partial charge in [-0.05, 0) is 37.5 Å². The Bertz CT molecular complexity index is 96.4. The minimum atomic E-state index is 1.16. The molecule has 0 bridgehead atoms. The van der Waals surface area contributed by atoms with Crippen molar-refractivity contribution in [1.82, 2.24) is 0 Å². The fraction of sp³-hybridized carbons (Fsp3) is 0.600. The van der Waals surface area contributed by atoms with E-state index in [1.165, 1.54) is 37.5 Å². The molecule has 2 atom stereocenters. The summed E-state index contributed by atoms with van der Waals surface area (Å²) in [6.45, 7) is 7.43. The summed E-state index contributed by atoms with van der Waals surface area (Å²) in [6.07, 6.45) is 12.0. The van der Waals surface area contributed by atoms with E-state index < -0.39 is 0 Å². The summed E-state index contributed by atoms with van der Waals surface area (Å²) >= 11 is 0. The van der Waals surface area contributed by atoms with E-state index in [0.29, 0.717) is 0 Å². The summed E-state index contributed by atoms with van der Waals surface area (Å²) in [5.41, 5.74) is 0. The maximum atomic E-state index is 3.71. The monoisotopic (exact) mass is 202 g/mol. The van der Waals surface area contributed by atoms with Gasteiger partial charge in [-0.3, -0.25) is 0 Å². The van der Waals surface area contributed by atoms with Crippen molar-refractivity contribution in [3.8, 4) is 0 Å². The molecular weight excluding hydrogens is 182 g/mol. The van der Waals surface area contributed by atoms with Gasteiger partial charge in [-0.2, -0.15) is 0 Å². The molecule has 0 saturated carbocycles. The van der Waals surface area contributed by atoms with Crippen molar-refractivity contribution in [3.63, 3.8) is 0 Å². The predicted octanol–water partition coefficient (Wildman–Crippen LogP) is 3.50. The quantitative estimate of drug-likeness (QED) is 0.305. The largest absolute Gasteiger partial charge is 0.121 e. The molecule has 0 nitrogen and oxygen atoms in total. The highest BCUT2D eigenvalue weighted by atomic mass is 31.1. The first-order valence-electron chi connectivity index (χ1n) is 4.55. The van der Waals surface area contributed by atoms with Gasteiger partial charge >= 0.3 is 0 Å². The summed E-state index contributed by atoms with van der Waals surface area (Å²) < 4.78 is 0. The molecule has 2 heteroatoms. The molecule has 0 N–H and O–H groups in total. The van der Waals surface area contributed by atoms with Gasteiger partial charge in [-0.25, -0.2) is 0 Å². The van der Waals surface area contributed by atoms with Crippen LogP contribution in [-0.4, -0.2) is 24.6 Å². The molecule has 0 aliphatic carbocycles. The summed E-state index contributed by atoms with van der Waals surface area (Å²) in [5.74, 6) is 0. The van der Waals surface area contributed by atoms with Crippen LogP contribution in [0.1, 0.15) is 12.8 Å². The van der Waals surface area contributed by atoms with E-state index in [4.69, 9.17) is 0 Å². The zero-order chi connectivity index (χ0) is 9.07. The third-order valence-electron chi connectivity index (χ3n) is 1.53. The van der Waals surface area contributed by atoms with E-state index in [1.807, 2.05) is 12.2 Å². The van der Waals surface area contributed by atoms with Crippen molar-refractivity contribution in [2.75, 3.05) is 24.6 Å². The van der Waals surface area contributed by atoms with Gasteiger partial charge in [0.05, 0.1) is 0 Å². The van der Waals surface area contributed by atoms with Crippen LogP contribution in [0.4, 0.5) is 0 Å². The Morgan fingerprint density at radius 3 is 1.50 bits per heavy atom. The molecule has 0 fully saturated rings. The number of rotatable bonds is 9. The van der Waals surface area contributed by atoms with Gasteiger partial charge in [0.25, 0.3) is 0 Å². The van der Waals surface area contributed by atoms with Crippen molar-refractivity contribution >= 4 is 17.2 Å². The van der Waals surface area contributed by atoms with Crippen LogP contribution in [0.5, 0.6) is 0 Å². The molecule has 0 radical (unpaired) electrons. The molecule has 0 aliphatic heterocycles. The zero-order valence-corrected chi connectivity index (χ0v) is 9.81. The van der Waals surface area contributed by atoms with Crippen molar-refractivity contribution in [1.29, 1.82) is 0 Å². The van der Waals surface area contributed by atoms with Crippen LogP contribution in [0.2, 0.25) is 0 Å². The molecule has 12 heavy (non-hydrogen) atoms. The Kier molecular flexibility index (Phi) is 11.7. The van der Waals surface area contributed by atoms with Crippen LogP contribution in [0.25, 0.3) is 0 Å². The van der Waals surface area contributed by atoms with Crippen molar-refractivity contribution < 1.29 is 0 Å². The Morgan fingerprint density at radius 1 is 0.750 bits per heavy atom. The summed E-state index contributed by atoms with van der Waals surface area (Å²) in [4.78, 5) is 0. The lowest BCUT2D eigenvalue weighted by atomic mass is 10.5. The average Bonchev–Trinajstić information content (AvgIpc) is 2.10. The van der Waals surface area contributed by atoms with E-state index in [2.05, 4.69) is 13.2 Å². The molecule has 0 aliphatic rings. The Hall–Kier alpha value is 0.340.